The second-order valence-corrected chi connectivity index (χ2v) is 9.41. The molecule has 0 radical (unpaired) electrons. The number of rotatable bonds is 9. The van der Waals surface area contributed by atoms with Crippen molar-refractivity contribution in [1.29, 1.82) is 0 Å². The summed E-state index contributed by atoms with van der Waals surface area (Å²) in [4.78, 5) is 11.6. The quantitative estimate of drug-likeness (QED) is 0.437. The number of carbonyl (C=O) groups excluding carboxylic acids is 1. The maximum absolute atomic E-state index is 13.5. The van der Waals surface area contributed by atoms with Crippen LogP contribution in [0.2, 0.25) is 0 Å². The molecule has 0 aliphatic carbocycles. The molecule has 0 aliphatic rings. The zero-order chi connectivity index (χ0) is 21.2. The SMILES string of the molecule is CCC(C)(C)C(=O)OCCC(F)C(F)(F)S(=O)(=O)NS(=O)(=O)C(F)(F)F. The molecule has 26 heavy (non-hydrogen) atoms. The van der Waals surface area contributed by atoms with Gasteiger partial charge >= 0.3 is 26.8 Å². The van der Waals surface area contributed by atoms with E-state index in [1.165, 1.54) is 13.8 Å². The molecule has 0 aromatic rings. The molecule has 0 spiro atoms. The van der Waals surface area contributed by atoms with Crippen molar-refractivity contribution in [1.82, 2.24) is 4.13 Å². The van der Waals surface area contributed by atoms with Crippen LogP contribution < -0.4 is 4.13 Å². The van der Waals surface area contributed by atoms with Crippen LogP contribution in [0.25, 0.3) is 0 Å². The second kappa shape index (κ2) is 7.88. The Morgan fingerprint density at radius 2 is 1.50 bits per heavy atom. The summed E-state index contributed by atoms with van der Waals surface area (Å²) < 4.78 is 125. The van der Waals surface area contributed by atoms with Crippen molar-refractivity contribution in [3.63, 3.8) is 0 Å². The predicted molar refractivity (Wildman–Crippen MR) is 76.5 cm³/mol. The summed E-state index contributed by atoms with van der Waals surface area (Å²) in [5, 5.41) is -5.53. The Morgan fingerprint density at radius 1 is 1.04 bits per heavy atom. The summed E-state index contributed by atoms with van der Waals surface area (Å²) in [5.41, 5.74) is -7.23. The van der Waals surface area contributed by atoms with Gasteiger partial charge in [-0.2, -0.15) is 22.0 Å². The van der Waals surface area contributed by atoms with E-state index in [1.807, 2.05) is 0 Å². The molecular formula is C11H17F6NO6S2. The minimum absolute atomic E-state index is 0.252. The Hall–Kier alpha value is -1.09. The van der Waals surface area contributed by atoms with Gasteiger partial charge in [-0.05, 0) is 20.3 Å². The van der Waals surface area contributed by atoms with Gasteiger partial charge in [0.25, 0.3) is 10.0 Å². The van der Waals surface area contributed by atoms with E-state index in [2.05, 4.69) is 4.74 Å². The van der Waals surface area contributed by atoms with Crippen molar-refractivity contribution in [2.75, 3.05) is 6.61 Å². The van der Waals surface area contributed by atoms with E-state index in [9.17, 15) is 48.0 Å². The van der Waals surface area contributed by atoms with E-state index in [0.29, 0.717) is 0 Å². The molecule has 15 heteroatoms. The molecule has 0 fully saturated rings. The third-order valence-corrected chi connectivity index (χ3v) is 6.63. The number of alkyl halides is 6. The number of esters is 1. The van der Waals surface area contributed by atoms with E-state index in [-0.39, 0.29) is 10.5 Å². The molecule has 1 atom stereocenters. The maximum Gasteiger partial charge on any atom is 0.512 e. The summed E-state index contributed by atoms with van der Waals surface area (Å²) in [7, 11) is -13.3. The number of ether oxygens (including phenoxy) is 1. The van der Waals surface area contributed by atoms with Gasteiger partial charge < -0.3 is 4.74 Å². The Labute approximate surface area is 146 Å². The van der Waals surface area contributed by atoms with Gasteiger partial charge in [-0.3, -0.25) is 4.79 Å². The lowest BCUT2D eigenvalue weighted by atomic mass is 9.91. The molecule has 0 saturated heterocycles. The number of halogens is 6. The number of hydrogen-bond donors (Lipinski definition) is 1. The number of carbonyl (C=O) groups is 1. The van der Waals surface area contributed by atoms with Crippen LogP contribution in [0.1, 0.15) is 33.6 Å². The minimum atomic E-state index is -6.70. The highest BCUT2D eigenvalue weighted by Crippen LogP contribution is 2.32. The number of sulfonamides is 2. The van der Waals surface area contributed by atoms with Gasteiger partial charge in [-0.15, -0.1) is 0 Å². The first-order valence-electron chi connectivity index (χ1n) is 6.85. The van der Waals surface area contributed by atoms with Crippen molar-refractivity contribution in [3.8, 4) is 0 Å². The fourth-order valence-corrected chi connectivity index (χ4v) is 3.61. The third kappa shape index (κ3) is 5.70. The summed E-state index contributed by atoms with van der Waals surface area (Å²) in [6, 6.07) is 0. The maximum atomic E-state index is 13.5. The van der Waals surface area contributed by atoms with E-state index in [4.69, 9.17) is 0 Å². The molecule has 1 unspecified atom stereocenters. The highest BCUT2D eigenvalue weighted by atomic mass is 32.3. The normalized spacial score (nSPS) is 15.6. The van der Waals surface area contributed by atoms with E-state index in [0.717, 1.165) is 0 Å². The highest BCUT2D eigenvalue weighted by Gasteiger charge is 2.58. The zero-order valence-electron chi connectivity index (χ0n) is 13.7. The standard InChI is InChI=1S/C11H17F6NO6S2/c1-4-9(2,3)8(19)24-6-5-7(12)10(13,14)25(20,21)18-26(22,23)11(15,16)17/h7,18H,4-6H2,1-3H3. The summed E-state index contributed by atoms with van der Waals surface area (Å²) in [6.45, 7) is 3.48. The molecule has 7 nitrogen and oxygen atoms in total. The van der Waals surface area contributed by atoms with Crippen molar-refractivity contribution in [2.45, 2.75) is 50.5 Å². The van der Waals surface area contributed by atoms with Gasteiger partial charge in [0.15, 0.2) is 6.17 Å². The summed E-state index contributed by atoms with van der Waals surface area (Å²) in [6.07, 6.45) is -4.75. The molecule has 0 aliphatic heterocycles. The van der Waals surface area contributed by atoms with Crippen molar-refractivity contribution < 1.29 is 52.7 Å². The fourth-order valence-electron chi connectivity index (χ4n) is 1.18. The van der Waals surface area contributed by atoms with Crippen LogP contribution in [-0.4, -0.2) is 46.3 Å². The first-order chi connectivity index (χ1) is 11.3. The molecule has 1 N–H and O–H groups in total. The largest absolute Gasteiger partial charge is 0.512 e. The number of nitrogens with one attached hydrogen (secondary N) is 1. The van der Waals surface area contributed by atoms with Crippen molar-refractivity contribution in [3.05, 3.63) is 0 Å². The predicted octanol–water partition coefficient (Wildman–Crippen LogP) is 2.06. The average molecular weight is 437 g/mol. The van der Waals surface area contributed by atoms with Crippen LogP contribution in [0.4, 0.5) is 26.3 Å². The molecule has 0 saturated carbocycles. The molecule has 156 valence electrons. The highest BCUT2D eigenvalue weighted by molar-refractivity contribution is 8.05. The van der Waals surface area contributed by atoms with Gasteiger partial charge in [0.05, 0.1) is 12.0 Å². The monoisotopic (exact) mass is 437 g/mol. The Morgan fingerprint density at radius 3 is 1.88 bits per heavy atom. The van der Waals surface area contributed by atoms with Gasteiger partial charge in [-0.25, -0.2) is 21.2 Å². The molecule has 0 aromatic heterocycles. The average Bonchev–Trinajstić information content (AvgIpc) is 2.44. The third-order valence-electron chi connectivity index (χ3n) is 3.29. The fraction of sp³-hybridized carbons (Fsp3) is 0.909. The van der Waals surface area contributed by atoms with Crippen LogP contribution >= 0.6 is 0 Å². The molecule has 0 bridgehead atoms. The van der Waals surface area contributed by atoms with Crippen LogP contribution in [0.15, 0.2) is 0 Å². The number of hydrogen-bond acceptors (Lipinski definition) is 6. The molecular weight excluding hydrogens is 420 g/mol. The second-order valence-electron chi connectivity index (χ2n) is 5.73. The van der Waals surface area contributed by atoms with Crippen molar-refractivity contribution in [2.24, 2.45) is 5.41 Å². The Kier molecular flexibility index (Phi) is 7.55. The summed E-state index contributed by atoms with van der Waals surface area (Å²) >= 11 is 0. The van der Waals surface area contributed by atoms with Crippen LogP contribution in [0, 0.1) is 5.41 Å². The Bertz CT molecular complexity index is 716. The molecule has 0 heterocycles. The van der Waals surface area contributed by atoms with E-state index in [1.54, 1.807) is 6.92 Å². The van der Waals surface area contributed by atoms with Crippen LogP contribution in [0.3, 0.4) is 0 Å². The van der Waals surface area contributed by atoms with Crippen molar-refractivity contribution >= 4 is 26.0 Å². The molecule has 0 aromatic carbocycles. The summed E-state index contributed by atoms with van der Waals surface area (Å²) in [5.74, 6) is -0.892. The Balaban J connectivity index is 5.12. The van der Waals surface area contributed by atoms with E-state index < -0.39 is 61.4 Å². The first kappa shape index (κ1) is 24.9. The minimum Gasteiger partial charge on any atom is -0.465 e. The topological polar surface area (TPSA) is 107 Å². The molecule has 0 rings (SSSR count). The zero-order valence-corrected chi connectivity index (χ0v) is 15.4. The lowest BCUT2D eigenvalue weighted by Crippen LogP contribution is -2.51. The first-order valence-corrected chi connectivity index (χ1v) is 9.82. The lowest BCUT2D eigenvalue weighted by molar-refractivity contribution is -0.155. The van der Waals surface area contributed by atoms with Gasteiger partial charge in [0, 0.05) is 6.42 Å². The smallest absolute Gasteiger partial charge is 0.465 e. The van der Waals surface area contributed by atoms with E-state index >= 15 is 0 Å². The van der Waals surface area contributed by atoms with Gasteiger partial charge in [0.2, 0.25) is 0 Å². The van der Waals surface area contributed by atoms with Gasteiger partial charge in [0.1, 0.15) is 0 Å². The van der Waals surface area contributed by atoms with Crippen LogP contribution in [0.5, 0.6) is 0 Å². The lowest BCUT2D eigenvalue weighted by Gasteiger charge is -2.23. The van der Waals surface area contributed by atoms with Crippen LogP contribution in [-0.2, 0) is 29.6 Å². The molecule has 0 amide bonds. The van der Waals surface area contributed by atoms with Gasteiger partial charge in [-0.1, -0.05) is 11.1 Å².